The molecule has 4 rings (SSSR count). The van der Waals surface area contributed by atoms with Crippen molar-refractivity contribution in [3.8, 4) is 0 Å². The SMILES string of the molecule is O=c1[nH]c2ccccc2nc1CN1CC2CCC(O)C2C1. The number of aromatic amines is 1. The predicted octanol–water partition coefficient (Wildman–Crippen LogP) is 1.13. The van der Waals surface area contributed by atoms with Crippen molar-refractivity contribution in [3.63, 3.8) is 0 Å². The summed E-state index contributed by atoms with van der Waals surface area (Å²) in [7, 11) is 0. The molecular formula is C16H19N3O2. The summed E-state index contributed by atoms with van der Waals surface area (Å²) < 4.78 is 0. The van der Waals surface area contributed by atoms with E-state index in [1.807, 2.05) is 24.3 Å². The minimum Gasteiger partial charge on any atom is -0.393 e. The summed E-state index contributed by atoms with van der Waals surface area (Å²) in [6.07, 6.45) is 1.87. The van der Waals surface area contributed by atoms with Crippen molar-refractivity contribution >= 4 is 11.0 Å². The standard InChI is InChI=1S/C16H19N3O2/c20-15-6-5-10-7-19(8-11(10)15)9-14-16(21)18-13-4-2-1-3-12(13)17-14/h1-4,10-11,15,20H,5-9H2,(H,18,21). The molecule has 1 saturated carbocycles. The number of nitrogens with zero attached hydrogens (tertiary/aromatic N) is 2. The van der Waals surface area contributed by atoms with Crippen LogP contribution in [0.5, 0.6) is 0 Å². The van der Waals surface area contributed by atoms with Crippen LogP contribution >= 0.6 is 0 Å². The molecule has 21 heavy (non-hydrogen) atoms. The lowest BCUT2D eigenvalue weighted by Gasteiger charge is -2.17. The van der Waals surface area contributed by atoms with E-state index in [1.54, 1.807) is 0 Å². The maximum absolute atomic E-state index is 12.1. The molecule has 1 saturated heterocycles. The Balaban J connectivity index is 1.58. The highest BCUT2D eigenvalue weighted by Crippen LogP contribution is 2.38. The van der Waals surface area contributed by atoms with Crippen LogP contribution in [0.15, 0.2) is 29.1 Å². The highest BCUT2D eigenvalue weighted by atomic mass is 16.3. The topological polar surface area (TPSA) is 69.2 Å². The molecule has 2 aromatic rings. The second-order valence-corrected chi connectivity index (χ2v) is 6.29. The molecule has 2 aliphatic rings. The van der Waals surface area contributed by atoms with E-state index in [-0.39, 0.29) is 11.7 Å². The first kappa shape index (κ1) is 13.0. The number of benzene rings is 1. The fourth-order valence-electron chi connectivity index (χ4n) is 3.84. The monoisotopic (exact) mass is 285 g/mol. The summed E-state index contributed by atoms with van der Waals surface area (Å²) >= 11 is 0. The Morgan fingerprint density at radius 2 is 2.14 bits per heavy atom. The quantitative estimate of drug-likeness (QED) is 0.868. The Bertz CT molecular complexity index is 727. The average Bonchev–Trinajstić information content (AvgIpc) is 3.02. The van der Waals surface area contributed by atoms with Crippen molar-refractivity contribution in [1.82, 2.24) is 14.9 Å². The Morgan fingerprint density at radius 1 is 1.29 bits per heavy atom. The van der Waals surface area contributed by atoms with Crippen LogP contribution in [0.25, 0.3) is 11.0 Å². The minimum atomic E-state index is -0.164. The van der Waals surface area contributed by atoms with Crippen molar-refractivity contribution < 1.29 is 5.11 Å². The molecule has 0 amide bonds. The highest BCUT2D eigenvalue weighted by Gasteiger charge is 2.41. The largest absolute Gasteiger partial charge is 0.393 e. The number of nitrogens with one attached hydrogen (secondary N) is 1. The lowest BCUT2D eigenvalue weighted by molar-refractivity contribution is 0.123. The maximum Gasteiger partial charge on any atom is 0.271 e. The number of aromatic nitrogens is 2. The van der Waals surface area contributed by atoms with Crippen molar-refractivity contribution in [2.75, 3.05) is 13.1 Å². The molecule has 1 aromatic heterocycles. The van der Waals surface area contributed by atoms with Crippen LogP contribution in [-0.4, -0.2) is 39.2 Å². The fourth-order valence-corrected chi connectivity index (χ4v) is 3.84. The maximum atomic E-state index is 12.1. The molecule has 1 aliphatic carbocycles. The van der Waals surface area contributed by atoms with E-state index in [2.05, 4.69) is 14.9 Å². The first-order valence-corrected chi connectivity index (χ1v) is 7.59. The zero-order valence-corrected chi connectivity index (χ0v) is 11.8. The van der Waals surface area contributed by atoms with Gasteiger partial charge in [0.1, 0.15) is 5.69 Å². The van der Waals surface area contributed by atoms with Gasteiger partial charge in [-0.25, -0.2) is 4.98 Å². The Hall–Kier alpha value is -1.72. The van der Waals surface area contributed by atoms with Crippen LogP contribution < -0.4 is 5.56 Å². The number of hydrogen-bond acceptors (Lipinski definition) is 4. The summed E-state index contributed by atoms with van der Waals surface area (Å²) in [6, 6.07) is 7.60. The summed E-state index contributed by atoms with van der Waals surface area (Å²) in [5.74, 6) is 0.962. The molecule has 5 nitrogen and oxygen atoms in total. The van der Waals surface area contributed by atoms with Gasteiger partial charge in [-0.3, -0.25) is 9.69 Å². The van der Waals surface area contributed by atoms with Gasteiger partial charge in [0.15, 0.2) is 0 Å². The van der Waals surface area contributed by atoms with E-state index in [9.17, 15) is 9.90 Å². The number of H-pyrrole nitrogens is 1. The number of likely N-dealkylation sites (tertiary alicyclic amines) is 1. The number of hydrogen-bond donors (Lipinski definition) is 2. The Kier molecular flexibility index (Phi) is 3.05. The summed E-state index contributed by atoms with van der Waals surface area (Å²) in [5.41, 5.74) is 2.07. The van der Waals surface area contributed by atoms with E-state index < -0.39 is 0 Å². The molecule has 110 valence electrons. The van der Waals surface area contributed by atoms with Gasteiger partial charge in [0, 0.05) is 25.6 Å². The molecule has 2 N–H and O–H groups in total. The van der Waals surface area contributed by atoms with E-state index in [0.29, 0.717) is 24.1 Å². The van der Waals surface area contributed by atoms with Gasteiger partial charge in [-0.2, -0.15) is 0 Å². The minimum absolute atomic E-state index is 0.105. The van der Waals surface area contributed by atoms with Gasteiger partial charge in [0.2, 0.25) is 0 Å². The van der Waals surface area contributed by atoms with Crippen molar-refractivity contribution in [2.45, 2.75) is 25.5 Å². The average molecular weight is 285 g/mol. The van der Waals surface area contributed by atoms with Crippen LogP contribution in [-0.2, 0) is 6.54 Å². The van der Waals surface area contributed by atoms with Crippen molar-refractivity contribution in [1.29, 1.82) is 0 Å². The van der Waals surface area contributed by atoms with Gasteiger partial charge in [-0.05, 0) is 30.9 Å². The second-order valence-electron chi connectivity index (χ2n) is 6.29. The highest BCUT2D eigenvalue weighted by molar-refractivity contribution is 5.73. The van der Waals surface area contributed by atoms with Crippen molar-refractivity contribution in [2.24, 2.45) is 11.8 Å². The first-order valence-electron chi connectivity index (χ1n) is 7.59. The number of aliphatic hydroxyl groups is 1. The summed E-state index contributed by atoms with van der Waals surface area (Å²) in [4.78, 5) is 21.8. The predicted molar refractivity (Wildman–Crippen MR) is 79.9 cm³/mol. The lowest BCUT2D eigenvalue weighted by Crippen LogP contribution is -2.28. The van der Waals surface area contributed by atoms with Crippen LogP contribution in [0.4, 0.5) is 0 Å². The van der Waals surface area contributed by atoms with Gasteiger partial charge in [0.05, 0.1) is 17.1 Å². The molecule has 0 spiro atoms. The third-order valence-corrected chi connectivity index (χ3v) is 4.94. The molecule has 3 atom stereocenters. The third-order valence-electron chi connectivity index (χ3n) is 4.94. The van der Waals surface area contributed by atoms with E-state index >= 15 is 0 Å². The van der Waals surface area contributed by atoms with E-state index in [0.717, 1.165) is 37.0 Å². The number of rotatable bonds is 2. The summed E-state index contributed by atoms with van der Waals surface area (Å²) in [6.45, 7) is 2.41. The lowest BCUT2D eigenvalue weighted by atomic mass is 10.00. The third kappa shape index (κ3) is 2.26. The smallest absolute Gasteiger partial charge is 0.271 e. The van der Waals surface area contributed by atoms with Crippen LogP contribution in [0.1, 0.15) is 18.5 Å². The van der Waals surface area contributed by atoms with E-state index in [1.165, 1.54) is 0 Å². The van der Waals surface area contributed by atoms with Crippen molar-refractivity contribution in [3.05, 3.63) is 40.3 Å². The van der Waals surface area contributed by atoms with E-state index in [4.69, 9.17) is 0 Å². The number of aliphatic hydroxyl groups excluding tert-OH is 1. The van der Waals surface area contributed by atoms with Gasteiger partial charge in [0.25, 0.3) is 5.56 Å². The second kappa shape index (κ2) is 4.93. The van der Waals surface area contributed by atoms with Gasteiger partial charge in [-0.1, -0.05) is 12.1 Å². The van der Waals surface area contributed by atoms with Crippen LogP contribution in [0, 0.1) is 11.8 Å². The Morgan fingerprint density at radius 3 is 3.00 bits per heavy atom. The first-order chi connectivity index (χ1) is 10.2. The zero-order chi connectivity index (χ0) is 14.4. The molecule has 1 aromatic carbocycles. The Labute approximate surface area is 122 Å². The number of para-hydroxylation sites is 2. The molecule has 2 fully saturated rings. The molecule has 1 aliphatic heterocycles. The fraction of sp³-hybridized carbons (Fsp3) is 0.500. The molecule has 3 unspecified atom stereocenters. The van der Waals surface area contributed by atoms with Gasteiger partial charge >= 0.3 is 0 Å². The van der Waals surface area contributed by atoms with Crippen LogP contribution in [0.2, 0.25) is 0 Å². The zero-order valence-electron chi connectivity index (χ0n) is 11.8. The molecule has 5 heteroatoms. The van der Waals surface area contributed by atoms with Gasteiger partial charge < -0.3 is 10.1 Å². The molecule has 2 heterocycles. The normalized spacial score (nSPS) is 29.1. The molecule has 0 bridgehead atoms. The molecular weight excluding hydrogens is 266 g/mol. The van der Waals surface area contributed by atoms with Gasteiger partial charge in [-0.15, -0.1) is 0 Å². The number of fused-ring (bicyclic) bond motifs is 2. The molecule has 0 radical (unpaired) electrons. The van der Waals surface area contributed by atoms with Crippen LogP contribution in [0.3, 0.4) is 0 Å². The summed E-state index contributed by atoms with van der Waals surface area (Å²) in [5, 5.41) is 9.97.